The van der Waals surface area contributed by atoms with Crippen molar-refractivity contribution < 1.29 is 33.5 Å². The predicted molar refractivity (Wildman–Crippen MR) is 163 cm³/mol. The van der Waals surface area contributed by atoms with Crippen LogP contribution in [0.4, 0.5) is 16.2 Å². The SMILES string of the molecule is C=CCc1cc(/C=C2\C(=O)NC(=O)N(c3cc(OCC)ccc3OCC)C2=O)cc(Br)c1OCc1ccc([N+](=O)[O-])cc1. The third-order valence-electron chi connectivity index (χ3n) is 6.23. The van der Waals surface area contributed by atoms with Crippen LogP contribution in [-0.4, -0.2) is 36.0 Å². The van der Waals surface area contributed by atoms with Crippen molar-refractivity contribution in [3.63, 3.8) is 0 Å². The lowest BCUT2D eigenvalue weighted by atomic mass is 10.0. The second-order valence-electron chi connectivity index (χ2n) is 9.15. The van der Waals surface area contributed by atoms with Crippen molar-refractivity contribution in [2.24, 2.45) is 0 Å². The van der Waals surface area contributed by atoms with Crippen molar-refractivity contribution in [3.8, 4) is 17.2 Å². The first-order valence-electron chi connectivity index (χ1n) is 13.3. The third kappa shape index (κ3) is 7.09. The normalized spacial score (nSPS) is 14.0. The molecule has 0 saturated carbocycles. The molecular weight excluding hydrogens is 622 g/mol. The van der Waals surface area contributed by atoms with Crippen LogP contribution in [-0.2, 0) is 22.6 Å². The lowest BCUT2D eigenvalue weighted by Gasteiger charge is -2.28. The molecule has 0 bridgehead atoms. The highest BCUT2D eigenvalue weighted by Gasteiger charge is 2.38. The number of nitrogens with one attached hydrogen (secondary N) is 1. The minimum Gasteiger partial charge on any atom is -0.494 e. The van der Waals surface area contributed by atoms with Gasteiger partial charge in [-0.2, -0.15) is 0 Å². The maximum absolute atomic E-state index is 13.6. The van der Waals surface area contributed by atoms with Crippen LogP contribution in [0.3, 0.4) is 0 Å². The van der Waals surface area contributed by atoms with Crippen LogP contribution in [0.2, 0.25) is 0 Å². The number of ether oxygens (including phenoxy) is 3. The summed E-state index contributed by atoms with van der Waals surface area (Å²) < 4.78 is 17.8. The summed E-state index contributed by atoms with van der Waals surface area (Å²) >= 11 is 3.52. The van der Waals surface area contributed by atoms with Gasteiger partial charge >= 0.3 is 6.03 Å². The maximum Gasteiger partial charge on any atom is 0.336 e. The summed E-state index contributed by atoms with van der Waals surface area (Å²) in [5.74, 6) is -0.473. The van der Waals surface area contributed by atoms with E-state index in [0.717, 1.165) is 10.5 Å². The van der Waals surface area contributed by atoms with E-state index >= 15 is 0 Å². The molecule has 1 fully saturated rings. The molecule has 3 aromatic rings. The molecule has 4 amide bonds. The van der Waals surface area contributed by atoms with Crippen molar-refractivity contribution in [2.45, 2.75) is 26.9 Å². The van der Waals surface area contributed by atoms with Crippen molar-refractivity contribution in [2.75, 3.05) is 18.1 Å². The molecular formula is C31H28BrN3O8. The number of carbonyl (C=O) groups excluding carboxylic acids is 3. The van der Waals surface area contributed by atoms with E-state index in [2.05, 4.69) is 27.8 Å². The zero-order chi connectivity index (χ0) is 31.1. The van der Waals surface area contributed by atoms with Gasteiger partial charge in [0, 0.05) is 18.2 Å². The van der Waals surface area contributed by atoms with E-state index in [1.807, 2.05) is 0 Å². The minimum absolute atomic E-state index is 0.0210. The molecule has 43 heavy (non-hydrogen) atoms. The first-order valence-corrected chi connectivity index (χ1v) is 14.1. The van der Waals surface area contributed by atoms with Crippen LogP contribution in [0.5, 0.6) is 17.2 Å². The summed E-state index contributed by atoms with van der Waals surface area (Å²) in [6.45, 7) is 8.17. The van der Waals surface area contributed by atoms with E-state index in [4.69, 9.17) is 14.2 Å². The Hall–Kier alpha value is -4.97. The molecule has 11 nitrogen and oxygen atoms in total. The molecule has 3 aromatic carbocycles. The molecule has 12 heteroatoms. The number of rotatable bonds is 12. The van der Waals surface area contributed by atoms with E-state index in [0.29, 0.717) is 40.1 Å². The lowest BCUT2D eigenvalue weighted by molar-refractivity contribution is -0.384. The fourth-order valence-electron chi connectivity index (χ4n) is 4.34. The number of nitro benzene ring substituents is 1. The molecule has 0 aromatic heterocycles. The van der Waals surface area contributed by atoms with Crippen LogP contribution in [0, 0.1) is 10.1 Å². The van der Waals surface area contributed by atoms with Crippen LogP contribution >= 0.6 is 15.9 Å². The van der Waals surface area contributed by atoms with Crippen molar-refractivity contribution >= 4 is 51.2 Å². The van der Waals surface area contributed by atoms with Gasteiger partial charge in [-0.1, -0.05) is 6.08 Å². The van der Waals surface area contributed by atoms with Gasteiger partial charge < -0.3 is 14.2 Å². The van der Waals surface area contributed by atoms with E-state index in [1.54, 1.807) is 56.3 Å². The minimum atomic E-state index is -0.912. The standard InChI is InChI=1S/C31H28BrN3O8/c1-4-7-21-14-20(16-25(32)28(21)43-18-19-8-10-22(11-9-19)35(39)40)15-24-29(36)33-31(38)34(30(24)37)26-17-23(41-5-2)12-13-27(26)42-6-3/h4,8-17H,1,5-7,18H2,2-3H3,(H,33,36,38)/b24-15+. The molecule has 0 atom stereocenters. The number of barbiturate groups is 1. The zero-order valence-corrected chi connectivity index (χ0v) is 25.0. The second-order valence-corrected chi connectivity index (χ2v) is 10.0. The van der Waals surface area contributed by atoms with Gasteiger partial charge in [0.1, 0.15) is 29.4 Å². The molecule has 4 rings (SSSR count). The number of imide groups is 2. The van der Waals surface area contributed by atoms with E-state index < -0.39 is 22.8 Å². The molecule has 0 unspecified atom stereocenters. The lowest BCUT2D eigenvalue weighted by Crippen LogP contribution is -2.54. The smallest absolute Gasteiger partial charge is 0.336 e. The summed E-state index contributed by atoms with van der Waals surface area (Å²) in [6.07, 6.45) is 3.47. The number of non-ortho nitro benzene ring substituents is 1. The van der Waals surface area contributed by atoms with Gasteiger partial charge in [0.25, 0.3) is 17.5 Å². The first-order chi connectivity index (χ1) is 20.7. The van der Waals surface area contributed by atoms with Gasteiger partial charge in [0.15, 0.2) is 0 Å². The quantitative estimate of drug-likeness (QED) is 0.0813. The molecule has 0 spiro atoms. The van der Waals surface area contributed by atoms with E-state index in [-0.39, 0.29) is 35.9 Å². The summed E-state index contributed by atoms with van der Waals surface area (Å²) in [5.41, 5.74) is 1.77. The molecule has 0 aliphatic carbocycles. The molecule has 0 radical (unpaired) electrons. The summed E-state index contributed by atoms with van der Waals surface area (Å²) in [4.78, 5) is 50.7. The fraction of sp³-hybridized carbons (Fsp3) is 0.194. The van der Waals surface area contributed by atoms with E-state index in [9.17, 15) is 24.5 Å². The Morgan fingerprint density at radius 1 is 1.00 bits per heavy atom. The Labute approximate surface area is 256 Å². The number of halogens is 1. The number of nitrogens with zero attached hydrogens (tertiary/aromatic N) is 2. The average molecular weight is 650 g/mol. The highest BCUT2D eigenvalue weighted by atomic mass is 79.9. The Morgan fingerprint density at radius 3 is 2.37 bits per heavy atom. The topological polar surface area (TPSA) is 137 Å². The average Bonchev–Trinajstić information content (AvgIpc) is 2.96. The highest BCUT2D eigenvalue weighted by molar-refractivity contribution is 9.10. The predicted octanol–water partition coefficient (Wildman–Crippen LogP) is 6.13. The fourth-order valence-corrected chi connectivity index (χ4v) is 4.98. The van der Waals surface area contributed by atoms with Crippen LogP contribution < -0.4 is 24.4 Å². The van der Waals surface area contributed by atoms with Gasteiger partial charge in [-0.3, -0.25) is 25.0 Å². The number of nitro groups is 1. The number of urea groups is 1. The number of carbonyl (C=O) groups is 3. The largest absolute Gasteiger partial charge is 0.494 e. The highest BCUT2D eigenvalue weighted by Crippen LogP contribution is 2.36. The number of amides is 4. The summed E-state index contributed by atoms with van der Waals surface area (Å²) in [5, 5.41) is 13.2. The number of hydrogen-bond acceptors (Lipinski definition) is 8. The van der Waals surface area contributed by atoms with E-state index in [1.165, 1.54) is 24.3 Å². The summed E-state index contributed by atoms with van der Waals surface area (Å²) in [6, 6.07) is 13.3. The van der Waals surface area contributed by atoms with Crippen LogP contribution in [0.25, 0.3) is 6.08 Å². The zero-order valence-electron chi connectivity index (χ0n) is 23.4. The Balaban J connectivity index is 1.67. The van der Waals surface area contributed by atoms with Crippen molar-refractivity contribution in [3.05, 3.63) is 104 Å². The monoisotopic (exact) mass is 649 g/mol. The maximum atomic E-state index is 13.6. The van der Waals surface area contributed by atoms with Gasteiger partial charge in [-0.25, -0.2) is 9.69 Å². The van der Waals surface area contributed by atoms with Gasteiger partial charge in [-0.15, -0.1) is 6.58 Å². The van der Waals surface area contributed by atoms with Gasteiger partial charge in [-0.05, 0) is 95.4 Å². The molecule has 222 valence electrons. The molecule has 1 N–H and O–H groups in total. The second kappa shape index (κ2) is 13.8. The Kier molecular flexibility index (Phi) is 9.94. The first kappa shape index (κ1) is 31.0. The van der Waals surface area contributed by atoms with Gasteiger partial charge in [0.2, 0.25) is 0 Å². The number of allylic oxidation sites excluding steroid dienone is 1. The molecule has 1 saturated heterocycles. The molecule has 1 aliphatic heterocycles. The molecule has 1 aliphatic rings. The third-order valence-corrected chi connectivity index (χ3v) is 6.82. The van der Waals surface area contributed by atoms with Gasteiger partial charge in [0.05, 0.1) is 28.3 Å². The van der Waals surface area contributed by atoms with Crippen molar-refractivity contribution in [1.29, 1.82) is 0 Å². The Morgan fingerprint density at radius 2 is 1.72 bits per heavy atom. The number of anilines is 1. The number of benzene rings is 3. The van der Waals surface area contributed by atoms with Crippen LogP contribution in [0.15, 0.2) is 77.3 Å². The Bertz CT molecular complexity index is 1620. The molecule has 1 heterocycles. The number of hydrogen-bond donors (Lipinski definition) is 1. The van der Waals surface area contributed by atoms with Crippen molar-refractivity contribution in [1.82, 2.24) is 5.32 Å². The summed E-state index contributed by atoms with van der Waals surface area (Å²) in [7, 11) is 0. The van der Waals surface area contributed by atoms with Crippen LogP contribution in [0.1, 0.15) is 30.5 Å².